The zero-order chi connectivity index (χ0) is 21.8. The van der Waals surface area contributed by atoms with E-state index in [-0.39, 0.29) is 24.1 Å². The molecule has 5 nitrogen and oxygen atoms in total. The molecule has 1 atom stereocenters. The summed E-state index contributed by atoms with van der Waals surface area (Å²) in [6, 6.07) is 15.7. The van der Waals surface area contributed by atoms with E-state index < -0.39 is 6.04 Å². The van der Waals surface area contributed by atoms with Crippen LogP contribution in [-0.4, -0.2) is 34.3 Å². The third-order valence-corrected chi connectivity index (χ3v) is 6.58. The van der Waals surface area contributed by atoms with Gasteiger partial charge in [0.05, 0.1) is 12.1 Å². The van der Waals surface area contributed by atoms with Crippen LogP contribution in [0.15, 0.2) is 54.6 Å². The molecule has 2 amide bonds. The van der Waals surface area contributed by atoms with Gasteiger partial charge in [-0.05, 0) is 37.0 Å². The number of aromatic nitrogens is 1. The van der Waals surface area contributed by atoms with E-state index in [4.69, 9.17) is 0 Å². The van der Waals surface area contributed by atoms with Gasteiger partial charge in [0.15, 0.2) is 5.13 Å². The largest absolute Gasteiger partial charge is 0.330 e. The zero-order valence-electron chi connectivity index (χ0n) is 17.3. The first-order chi connectivity index (χ1) is 15.0. The molecule has 1 aromatic heterocycles. The molecule has 1 fully saturated rings. The van der Waals surface area contributed by atoms with Crippen molar-refractivity contribution in [2.24, 2.45) is 0 Å². The number of nitrogens with one attached hydrogen (secondary N) is 1. The van der Waals surface area contributed by atoms with E-state index in [0.29, 0.717) is 30.1 Å². The number of halogens is 1. The molecule has 31 heavy (non-hydrogen) atoms. The standard InChI is InChI=1S/C24H24FN3O2S/c1-16-21(15-18-10-5-6-11-19(18)25)31-24(26-16)27-23(30)20-12-7-13-28(20)22(29)14-17-8-3-2-4-9-17/h2-6,8-11,20H,7,12-15H2,1H3,(H,26,27,30). The summed E-state index contributed by atoms with van der Waals surface area (Å²) in [5, 5.41) is 3.36. The van der Waals surface area contributed by atoms with Crippen LogP contribution < -0.4 is 5.32 Å². The van der Waals surface area contributed by atoms with Gasteiger partial charge >= 0.3 is 0 Å². The minimum absolute atomic E-state index is 0.0422. The highest BCUT2D eigenvalue weighted by Crippen LogP contribution is 2.27. The number of carbonyl (C=O) groups is 2. The molecule has 0 spiro atoms. The first kappa shape index (κ1) is 21.2. The van der Waals surface area contributed by atoms with Crippen LogP contribution in [0.4, 0.5) is 9.52 Å². The van der Waals surface area contributed by atoms with Crippen molar-refractivity contribution in [2.45, 2.75) is 38.6 Å². The Morgan fingerprint density at radius 1 is 1.16 bits per heavy atom. The maximum Gasteiger partial charge on any atom is 0.248 e. The first-order valence-corrected chi connectivity index (χ1v) is 11.2. The van der Waals surface area contributed by atoms with E-state index in [0.717, 1.165) is 22.6 Å². The van der Waals surface area contributed by atoms with Gasteiger partial charge in [0.1, 0.15) is 11.9 Å². The predicted molar refractivity (Wildman–Crippen MR) is 120 cm³/mol. The summed E-state index contributed by atoms with van der Waals surface area (Å²) in [6.07, 6.45) is 2.15. The third-order valence-electron chi connectivity index (χ3n) is 5.51. The summed E-state index contributed by atoms with van der Waals surface area (Å²) in [4.78, 5) is 32.7. The summed E-state index contributed by atoms with van der Waals surface area (Å²) < 4.78 is 14.0. The van der Waals surface area contributed by atoms with E-state index in [1.54, 1.807) is 23.1 Å². The molecule has 1 unspecified atom stereocenters. The summed E-state index contributed by atoms with van der Waals surface area (Å²) >= 11 is 1.35. The maximum atomic E-state index is 14.0. The van der Waals surface area contributed by atoms with Crippen LogP contribution in [0.3, 0.4) is 0 Å². The van der Waals surface area contributed by atoms with Crippen LogP contribution in [0.5, 0.6) is 0 Å². The Bertz CT molecular complexity index is 1080. The minimum atomic E-state index is -0.490. The van der Waals surface area contributed by atoms with E-state index in [1.165, 1.54) is 17.4 Å². The number of hydrogen-bond acceptors (Lipinski definition) is 4. The highest BCUT2D eigenvalue weighted by Gasteiger charge is 2.34. The van der Waals surface area contributed by atoms with Gasteiger partial charge in [-0.1, -0.05) is 48.5 Å². The minimum Gasteiger partial charge on any atom is -0.330 e. The Kier molecular flexibility index (Phi) is 6.42. The monoisotopic (exact) mass is 437 g/mol. The number of amides is 2. The van der Waals surface area contributed by atoms with Gasteiger partial charge in [0.2, 0.25) is 11.8 Å². The van der Waals surface area contributed by atoms with Gasteiger partial charge in [-0.25, -0.2) is 9.37 Å². The Morgan fingerprint density at radius 3 is 2.68 bits per heavy atom. The molecule has 2 aromatic carbocycles. The molecule has 160 valence electrons. The van der Waals surface area contributed by atoms with Crippen molar-refractivity contribution < 1.29 is 14.0 Å². The van der Waals surface area contributed by atoms with Crippen LogP contribution >= 0.6 is 11.3 Å². The van der Waals surface area contributed by atoms with Crippen LogP contribution in [0.1, 0.15) is 34.5 Å². The van der Waals surface area contributed by atoms with E-state index in [1.807, 2.05) is 37.3 Å². The number of likely N-dealkylation sites (tertiary alicyclic amines) is 1. The summed E-state index contributed by atoms with van der Waals surface area (Å²) in [6.45, 7) is 2.44. The predicted octanol–water partition coefficient (Wildman–Crippen LogP) is 4.35. The second-order valence-corrected chi connectivity index (χ2v) is 8.78. The third kappa shape index (κ3) is 4.99. The van der Waals surface area contributed by atoms with Gasteiger partial charge in [-0.15, -0.1) is 11.3 Å². The maximum absolute atomic E-state index is 14.0. The smallest absolute Gasteiger partial charge is 0.248 e. The number of nitrogens with zero attached hydrogens (tertiary/aromatic N) is 2. The van der Waals surface area contributed by atoms with Crippen LogP contribution in [0.25, 0.3) is 0 Å². The van der Waals surface area contributed by atoms with Crippen LogP contribution in [-0.2, 0) is 22.4 Å². The number of thiazole rings is 1. The topological polar surface area (TPSA) is 62.3 Å². The van der Waals surface area contributed by atoms with Gasteiger partial charge in [0.25, 0.3) is 0 Å². The second-order valence-electron chi connectivity index (χ2n) is 7.69. The Hall–Kier alpha value is -3.06. The second kappa shape index (κ2) is 9.39. The molecule has 1 saturated heterocycles. The van der Waals surface area contributed by atoms with Crippen molar-refractivity contribution in [3.63, 3.8) is 0 Å². The van der Waals surface area contributed by atoms with Gasteiger partial charge in [0, 0.05) is 17.8 Å². The molecule has 4 rings (SSSR count). The Balaban J connectivity index is 1.41. The number of rotatable bonds is 6. The zero-order valence-corrected chi connectivity index (χ0v) is 18.1. The molecule has 2 heterocycles. The average Bonchev–Trinajstić information content (AvgIpc) is 3.37. The fourth-order valence-electron chi connectivity index (χ4n) is 3.86. The van der Waals surface area contributed by atoms with E-state index in [2.05, 4.69) is 10.3 Å². The van der Waals surface area contributed by atoms with Crippen molar-refractivity contribution in [3.05, 3.63) is 82.1 Å². The number of aryl methyl sites for hydroxylation is 1. The van der Waals surface area contributed by atoms with Crippen LogP contribution in [0, 0.1) is 12.7 Å². The van der Waals surface area contributed by atoms with Crippen LogP contribution in [0.2, 0.25) is 0 Å². The molecule has 0 aliphatic carbocycles. The van der Waals surface area contributed by atoms with Crippen molar-refractivity contribution in [3.8, 4) is 0 Å². The Morgan fingerprint density at radius 2 is 1.90 bits per heavy atom. The molecular formula is C24H24FN3O2S. The van der Waals surface area contributed by atoms with Gasteiger partial charge in [-0.2, -0.15) is 0 Å². The average molecular weight is 438 g/mol. The molecule has 1 aliphatic rings. The number of hydrogen-bond donors (Lipinski definition) is 1. The molecule has 1 aliphatic heterocycles. The normalized spacial score (nSPS) is 15.8. The first-order valence-electron chi connectivity index (χ1n) is 10.3. The highest BCUT2D eigenvalue weighted by molar-refractivity contribution is 7.15. The quantitative estimate of drug-likeness (QED) is 0.624. The Labute approximate surface area is 184 Å². The molecular weight excluding hydrogens is 413 g/mol. The lowest BCUT2D eigenvalue weighted by Crippen LogP contribution is -2.43. The van der Waals surface area contributed by atoms with E-state index in [9.17, 15) is 14.0 Å². The van der Waals surface area contributed by atoms with Crippen molar-refractivity contribution in [1.29, 1.82) is 0 Å². The summed E-state index contributed by atoms with van der Waals surface area (Å²) in [5.74, 6) is -0.510. The summed E-state index contributed by atoms with van der Waals surface area (Å²) in [5.41, 5.74) is 2.31. The fraction of sp³-hybridized carbons (Fsp3) is 0.292. The molecule has 7 heteroatoms. The summed E-state index contributed by atoms with van der Waals surface area (Å²) in [7, 11) is 0. The lowest BCUT2D eigenvalue weighted by Gasteiger charge is -2.23. The van der Waals surface area contributed by atoms with Crippen molar-refractivity contribution in [2.75, 3.05) is 11.9 Å². The molecule has 3 aromatic rings. The van der Waals surface area contributed by atoms with Crippen molar-refractivity contribution in [1.82, 2.24) is 9.88 Å². The van der Waals surface area contributed by atoms with Gasteiger partial charge in [-0.3, -0.25) is 9.59 Å². The lowest BCUT2D eigenvalue weighted by molar-refractivity contribution is -0.136. The molecule has 0 radical (unpaired) electrons. The molecule has 0 saturated carbocycles. The fourth-order valence-corrected chi connectivity index (χ4v) is 4.85. The SMILES string of the molecule is Cc1nc(NC(=O)C2CCCN2C(=O)Cc2ccccc2)sc1Cc1ccccc1F. The number of anilines is 1. The van der Waals surface area contributed by atoms with Crippen molar-refractivity contribution >= 4 is 28.3 Å². The molecule has 1 N–H and O–H groups in total. The number of benzene rings is 2. The molecule has 0 bridgehead atoms. The van der Waals surface area contributed by atoms with Gasteiger partial charge < -0.3 is 10.2 Å². The lowest BCUT2D eigenvalue weighted by atomic mass is 10.1. The van der Waals surface area contributed by atoms with E-state index >= 15 is 0 Å². The highest BCUT2D eigenvalue weighted by atomic mass is 32.1. The number of carbonyl (C=O) groups excluding carboxylic acids is 2.